The van der Waals surface area contributed by atoms with Gasteiger partial charge in [-0.1, -0.05) is 23.7 Å². The zero-order valence-electron chi connectivity index (χ0n) is 15.1. The van der Waals surface area contributed by atoms with Crippen LogP contribution in [-0.2, 0) is 25.5 Å². The molecule has 1 aliphatic heterocycles. The quantitative estimate of drug-likeness (QED) is 0.558. The summed E-state index contributed by atoms with van der Waals surface area (Å²) in [6.45, 7) is 2.38. The van der Waals surface area contributed by atoms with Gasteiger partial charge in [0.05, 0.1) is 13.7 Å². The van der Waals surface area contributed by atoms with Crippen LogP contribution in [-0.4, -0.2) is 49.0 Å². The van der Waals surface area contributed by atoms with E-state index in [0.717, 1.165) is 5.56 Å². The Morgan fingerprint density at radius 2 is 1.92 bits per heavy atom. The summed E-state index contributed by atoms with van der Waals surface area (Å²) >= 11 is 5.92. The fraction of sp³-hybridized carbons (Fsp3) is 0.526. The van der Waals surface area contributed by atoms with Gasteiger partial charge in [-0.15, -0.1) is 0 Å². The van der Waals surface area contributed by atoms with Gasteiger partial charge in [-0.2, -0.15) is 0 Å². The highest BCUT2D eigenvalue weighted by Crippen LogP contribution is 2.28. The van der Waals surface area contributed by atoms with Gasteiger partial charge in [0, 0.05) is 23.5 Å². The first-order valence-corrected chi connectivity index (χ1v) is 9.09. The van der Waals surface area contributed by atoms with Crippen molar-refractivity contribution in [3.05, 3.63) is 34.9 Å². The number of Topliss-reactive ketones (excluding diaryl/α,β-unsaturated/α-hetero) is 1. The lowest BCUT2D eigenvalue weighted by Gasteiger charge is -2.38. The minimum absolute atomic E-state index is 0.130. The molecule has 0 unspecified atom stereocenters. The topological polar surface area (TPSA) is 72.9 Å². The third kappa shape index (κ3) is 5.46. The monoisotopic (exact) mass is 381 g/mol. The van der Waals surface area contributed by atoms with Gasteiger partial charge < -0.3 is 14.4 Å². The van der Waals surface area contributed by atoms with Crippen LogP contribution in [0.4, 0.5) is 4.79 Å². The number of esters is 1. The Balaban J connectivity index is 2.08. The minimum Gasteiger partial charge on any atom is -0.466 e. The Labute approximate surface area is 158 Å². The highest BCUT2D eigenvalue weighted by atomic mass is 35.5. The van der Waals surface area contributed by atoms with Gasteiger partial charge in [0.1, 0.15) is 12.2 Å². The number of benzene rings is 1. The summed E-state index contributed by atoms with van der Waals surface area (Å²) in [6.07, 6.45) is 0.987. The summed E-state index contributed by atoms with van der Waals surface area (Å²) < 4.78 is 9.73. The second-order valence-electron chi connectivity index (χ2n) is 6.32. The molecule has 0 bridgehead atoms. The van der Waals surface area contributed by atoms with Gasteiger partial charge in [-0.25, -0.2) is 4.79 Å². The SMILES string of the molecule is CCOC(=O)CC(=O)[C@H]1CCN(C(=O)OC)[C@@H](Cc2ccc(Cl)cc2)C1. The molecule has 0 saturated carbocycles. The number of rotatable bonds is 6. The fourth-order valence-electron chi connectivity index (χ4n) is 3.29. The Morgan fingerprint density at radius 1 is 1.23 bits per heavy atom. The standard InChI is InChI=1S/C19H24ClNO5/c1-3-26-18(23)12-17(22)14-8-9-21(19(24)25-2)16(11-14)10-13-4-6-15(20)7-5-13/h4-7,14,16H,3,8-12H2,1-2H3/t14-,16-/m0/s1. The summed E-state index contributed by atoms with van der Waals surface area (Å²) in [7, 11) is 1.35. The lowest BCUT2D eigenvalue weighted by Crippen LogP contribution is -2.48. The smallest absolute Gasteiger partial charge is 0.409 e. The predicted octanol–water partition coefficient (Wildman–Crippen LogP) is 3.25. The van der Waals surface area contributed by atoms with Crippen LogP contribution >= 0.6 is 11.6 Å². The van der Waals surface area contributed by atoms with E-state index in [9.17, 15) is 14.4 Å². The molecule has 0 N–H and O–H groups in total. The minimum atomic E-state index is -0.498. The zero-order chi connectivity index (χ0) is 19.1. The van der Waals surface area contributed by atoms with Gasteiger partial charge >= 0.3 is 12.1 Å². The summed E-state index contributed by atoms with van der Waals surface area (Å²) in [5.74, 6) is -0.895. The van der Waals surface area contributed by atoms with Crippen LogP contribution in [0.15, 0.2) is 24.3 Å². The lowest BCUT2D eigenvalue weighted by molar-refractivity contribution is -0.146. The maximum atomic E-state index is 12.4. The largest absolute Gasteiger partial charge is 0.466 e. The number of hydrogen-bond donors (Lipinski definition) is 0. The van der Waals surface area contributed by atoms with Crippen LogP contribution in [0.25, 0.3) is 0 Å². The molecule has 0 aromatic heterocycles. The Hall–Kier alpha value is -2.08. The molecule has 0 aliphatic carbocycles. The third-order valence-electron chi connectivity index (χ3n) is 4.59. The summed E-state index contributed by atoms with van der Waals surface area (Å²) in [5.41, 5.74) is 1.02. The molecule has 2 atom stereocenters. The second-order valence-corrected chi connectivity index (χ2v) is 6.75. The maximum Gasteiger partial charge on any atom is 0.409 e. The first-order chi connectivity index (χ1) is 12.4. The van der Waals surface area contributed by atoms with Crippen LogP contribution < -0.4 is 0 Å². The number of piperidine rings is 1. The van der Waals surface area contributed by atoms with Gasteiger partial charge in [0.2, 0.25) is 0 Å². The molecule has 0 spiro atoms. The average molecular weight is 382 g/mol. The number of carbonyl (C=O) groups is 3. The number of methoxy groups -OCH3 is 1. The average Bonchev–Trinajstić information content (AvgIpc) is 2.63. The number of hydrogen-bond acceptors (Lipinski definition) is 5. The van der Waals surface area contributed by atoms with E-state index in [0.29, 0.717) is 30.8 Å². The van der Waals surface area contributed by atoms with Crippen molar-refractivity contribution in [2.45, 2.75) is 38.6 Å². The molecule has 1 fully saturated rings. The van der Waals surface area contributed by atoms with E-state index in [1.807, 2.05) is 12.1 Å². The van der Waals surface area contributed by atoms with Crippen molar-refractivity contribution < 1.29 is 23.9 Å². The van der Waals surface area contributed by atoms with Crippen LogP contribution in [0.1, 0.15) is 31.7 Å². The number of ketones is 1. The van der Waals surface area contributed by atoms with E-state index in [1.54, 1.807) is 24.0 Å². The molecule has 26 heavy (non-hydrogen) atoms. The molecular formula is C19H24ClNO5. The number of nitrogens with zero attached hydrogens (tertiary/aromatic N) is 1. The Kier molecular flexibility index (Phi) is 7.45. The van der Waals surface area contributed by atoms with E-state index in [1.165, 1.54) is 7.11 Å². The van der Waals surface area contributed by atoms with Crippen LogP contribution in [0.3, 0.4) is 0 Å². The maximum absolute atomic E-state index is 12.4. The van der Waals surface area contributed by atoms with Crippen molar-refractivity contribution in [1.82, 2.24) is 4.90 Å². The third-order valence-corrected chi connectivity index (χ3v) is 4.84. The van der Waals surface area contributed by atoms with E-state index < -0.39 is 12.1 Å². The molecule has 0 radical (unpaired) electrons. The van der Waals surface area contributed by atoms with E-state index in [2.05, 4.69) is 0 Å². The first kappa shape index (κ1) is 20.2. The van der Waals surface area contributed by atoms with Crippen LogP contribution in [0, 0.1) is 5.92 Å². The van der Waals surface area contributed by atoms with Crippen molar-refractivity contribution in [2.75, 3.05) is 20.3 Å². The van der Waals surface area contributed by atoms with Gasteiger partial charge in [0.25, 0.3) is 0 Å². The van der Waals surface area contributed by atoms with Gasteiger partial charge in [-0.3, -0.25) is 9.59 Å². The molecule has 1 aromatic rings. The first-order valence-electron chi connectivity index (χ1n) is 8.72. The molecule has 142 valence electrons. The van der Waals surface area contributed by atoms with Gasteiger partial charge in [-0.05, 0) is 43.9 Å². The summed E-state index contributed by atoms with van der Waals surface area (Å²) in [4.78, 5) is 37.7. The molecule has 2 rings (SSSR count). The molecule has 1 aromatic carbocycles. The van der Waals surface area contributed by atoms with Crippen molar-refractivity contribution in [1.29, 1.82) is 0 Å². The molecule has 7 heteroatoms. The molecule has 6 nitrogen and oxygen atoms in total. The number of ether oxygens (including phenoxy) is 2. The molecule has 1 heterocycles. The fourth-order valence-corrected chi connectivity index (χ4v) is 3.41. The molecule has 1 aliphatic rings. The summed E-state index contributed by atoms with van der Waals surface area (Å²) in [6, 6.07) is 7.23. The van der Waals surface area contributed by atoms with Gasteiger partial charge in [0.15, 0.2) is 0 Å². The van der Waals surface area contributed by atoms with Crippen molar-refractivity contribution >= 4 is 29.4 Å². The second kappa shape index (κ2) is 9.57. The van der Waals surface area contributed by atoms with E-state index in [4.69, 9.17) is 21.1 Å². The van der Waals surface area contributed by atoms with E-state index >= 15 is 0 Å². The van der Waals surface area contributed by atoms with Crippen molar-refractivity contribution in [3.63, 3.8) is 0 Å². The predicted molar refractivity (Wildman–Crippen MR) is 97.0 cm³/mol. The Morgan fingerprint density at radius 3 is 2.54 bits per heavy atom. The molecular weight excluding hydrogens is 358 g/mol. The van der Waals surface area contributed by atoms with Crippen molar-refractivity contribution in [2.24, 2.45) is 5.92 Å². The van der Waals surface area contributed by atoms with Crippen LogP contribution in [0.2, 0.25) is 5.02 Å². The number of likely N-dealkylation sites (tertiary alicyclic amines) is 1. The summed E-state index contributed by atoms with van der Waals surface area (Å²) in [5, 5.41) is 0.643. The number of carbonyl (C=O) groups excluding carboxylic acids is 3. The number of amides is 1. The van der Waals surface area contributed by atoms with Crippen LogP contribution in [0.5, 0.6) is 0 Å². The normalized spacial score (nSPS) is 19.7. The molecule has 1 amide bonds. The highest BCUT2D eigenvalue weighted by molar-refractivity contribution is 6.30. The van der Waals surface area contributed by atoms with E-state index in [-0.39, 0.29) is 30.8 Å². The van der Waals surface area contributed by atoms with Crippen molar-refractivity contribution in [3.8, 4) is 0 Å². The molecule has 1 saturated heterocycles. The zero-order valence-corrected chi connectivity index (χ0v) is 15.8. The number of halogens is 1. The highest BCUT2D eigenvalue weighted by Gasteiger charge is 2.35. The Bertz CT molecular complexity index is 646. The lowest BCUT2D eigenvalue weighted by atomic mass is 9.84.